The van der Waals surface area contributed by atoms with Crippen LogP contribution in [0, 0.1) is 11.8 Å². The highest BCUT2D eigenvalue weighted by Gasteiger charge is 2.30. The minimum Gasteiger partial charge on any atom is -0.368 e. The number of benzene rings is 2. The van der Waals surface area contributed by atoms with E-state index in [1.165, 1.54) is 0 Å². The number of nitrogens with zero attached hydrogens (tertiary/aromatic N) is 4. The van der Waals surface area contributed by atoms with Crippen LogP contribution in [-0.2, 0) is 10.0 Å². The maximum atomic E-state index is 13.6. The van der Waals surface area contributed by atoms with E-state index in [-0.39, 0.29) is 0 Å². The Morgan fingerprint density at radius 1 is 0.872 bits per heavy atom. The number of nitrogens with one attached hydrogen (secondary N) is 4. The number of hydrogen-bond acceptors (Lipinski definition) is 8. The van der Waals surface area contributed by atoms with E-state index in [4.69, 9.17) is 0 Å². The number of rotatable bonds is 5. The molecular formula is C28H30N8O2S. The first kappa shape index (κ1) is 25.3. The fourth-order valence-electron chi connectivity index (χ4n) is 4.91. The van der Waals surface area contributed by atoms with E-state index in [1.54, 1.807) is 28.8 Å². The first-order chi connectivity index (χ1) is 19.1. The Hall–Kier alpha value is -3.95. The van der Waals surface area contributed by atoms with Gasteiger partial charge in [-0.15, -0.1) is 0 Å². The van der Waals surface area contributed by atoms with Crippen LogP contribution in [-0.4, -0.2) is 80.0 Å². The van der Waals surface area contributed by atoms with Crippen molar-refractivity contribution in [2.45, 2.75) is 4.90 Å². The summed E-state index contributed by atoms with van der Waals surface area (Å²) in [7, 11) is -3.62. The molecule has 10 nitrogen and oxygen atoms in total. The standard InChI is InChI=1S/C28H30N8O2S/c37-39(38,36-16-12-30-13-17-36)27-7-6-23(18-26(27)35-14-10-29-11-15-35)34-28-32-19-21(20-33-28)4-5-22-2-1-3-25-24(22)8-9-31-25/h1-3,6-9,18-20,29-31H,10-17H2,(H,32,33,34). The lowest BCUT2D eigenvalue weighted by molar-refractivity contribution is 0.360. The summed E-state index contributed by atoms with van der Waals surface area (Å²) in [6.45, 7) is 5.30. The molecular weight excluding hydrogens is 512 g/mol. The second-order valence-corrected chi connectivity index (χ2v) is 11.4. The quantitative estimate of drug-likeness (QED) is 0.283. The average molecular weight is 543 g/mol. The number of piperazine rings is 2. The van der Waals surface area contributed by atoms with Crippen molar-refractivity contribution in [3.05, 3.63) is 72.2 Å². The molecule has 39 heavy (non-hydrogen) atoms. The van der Waals surface area contributed by atoms with Crippen LogP contribution < -0.4 is 20.9 Å². The lowest BCUT2D eigenvalue weighted by Crippen LogP contribution is -2.47. The van der Waals surface area contributed by atoms with Gasteiger partial charge >= 0.3 is 0 Å². The van der Waals surface area contributed by atoms with Crippen molar-refractivity contribution in [2.24, 2.45) is 0 Å². The molecule has 0 saturated carbocycles. The first-order valence-electron chi connectivity index (χ1n) is 13.1. The Balaban J connectivity index is 1.24. The van der Waals surface area contributed by atoms with Gasteiger partial charge in [-0.1, -0.05) is 17.9 Å². The van der Waals surface area contributed by atoms with E-state index in [0.717, 1.165) is 48.3 Å². The monoisotopic (exact) mass is 542 g/mol. The third kappa shape index (κ3) is 5.46. The lowest BCUT2D eigenvalue weighted by Gasteiger charge is -2.33. The smallest absolute Gasteiger partial charge is 0.245 e. The van der Waals surface area contributed by atoms with Crippen LogP contribution in [0.1, 0.15) is 11.1 Å². The van der Waals surface area contributed by atoms with Crippen molar-refractivity contribution in [1.29, 1.82) is 0 Å². The second-order valence-electron chi connectivity index (χ2n) is 9.49. The molecule has 6 rings (SSSR count). The van der Waals surface area contributed by atoms with Crippen molar-refractivity contribution in [1.82, 2.24) is 29.9 Å². The summed E-state index contributed by atoms with van der Waals surface area (Å²) in [4.78, 5) is 14.5. The number of anilines is 3. The number of aromatic nitrogens is 3. The van der Waals surface area contributed by atoms with Crippen molar-refractivity contribution < 1.29 is 8.42 Å². The van der Waals surface area contributed by atoms with Crippen LogP contribution in [0.3, 0.4) is 0 Å². The molecule has 2 aliphatic rings. The Kier molecular flexibility index (Phi) is 7.17. The fourth-order valence-corrected chi connectivity index (χ4v) is 6.54. The van der Waals surface area contributed by atoms with Crippen molar-refractivity contribution in [3.8, 4) is 11.8 Å². The van der Waals surface area contributed by atoms with Crippen LogP contribution >= 0.6 is 0 Å². The van der Waals surface area contributed by atoms with Gasteiger partial charge < -0.3 is 25.8 Å². The van der Waals surface area contributed by atoms with E-state index in [0.29, 0.717) is 48.3 Å². The second kappa shape index (κ2) is 11.0. The molecule has 2 aromatic heterocycles. The van der Waals surface area contributed by atoms with Crippen LogP contribution in [0.2, 0.25) is 0 Å². The number of sulfonamides is 1. The molecule has 200 valence electrons. The molecule has 2 fully saturated rings. The molecule has 0 radical (unpaired) electrons. The summed E-state index contributed by atoms with van der Waals surface area (Å²) in [6, 6.07) is 13.3. The Morgan fingerprint density at radius 3 is 2.38 bits per heavy atom. The maximum Gasteiger partial charge on any atom is 0.245 e. The third-order valence-electron chi connectivity index (χ3n) is 6.95. The highest BCUT2D eigenvalue weighted by molar-refractivity contribution is 7.89. The maximum absolute atomic E-state index is 13.6. The van der Waals surface area contributed by atoms with Gasteiger partial charge in [0.15, 0.2) is 0 Å². The number of hydrogen-bond donors (Lipinski definition) is 4. The summed E-state index contributed by atoms with van der Waals surface area (Å²) in [5, 5.41) is 10.9. The van der Waals surface area contributed by atoms with Crippen molar-refractivity contribution in [3.63, 3.8) is 0 Å². The first-order valence-corrected chi connectivity index (χ1v) is 14.5. The average Bonchev–Trinajstić information content (AvgIpc) is 3.47. The van der Waals surface area contributed by atoms with Gasteiger partial charge in [-0.3, -0.25) is 0 Å². The number of H-pyrrole nitrogens is 1. The van der Waals surface area contributed by atoms with E-state index in [2.05, 4.69) is 47.6 Å². The van der Waals surface area contributed by atoms with Crippen LogP contribution in [0.25, 0.3) is 10.9 Å². The third-order valence-corrected chi connectivity index (χ3v) is 8.90. The van der Waals surface area contributed by atoms with E-state index < -0.39 is 10.0 Å². The van der Waals surface area contributed by atoms with Crippen molar-refractivity contribution >= 4 is 38.2 Å². The molecule has 0 amide bonds. The summed E-state index contributed by atoms with van der Waals surface area (Å²) < 4.78 is 28.7. The van der Waals surface area contributed by atoms with Gasteiger partial charge in [0.1, 0.15) is 4.90 Å². The summed E-state index contributed by atoms with van der Waals surface area (Å²) in [5.41, 5.74) is 4.10. The predicted octanol–water partition coefficient (Wildman–Crippen LogP) is 2.10. The van der Waals surface area contributed by atoms with Gasteiger partial charge in [-0.25, -0.2) is 18.4 Å². The zero-order valence-corrected chi connectivity index (χ0v) is 22.3. The minimum absolute atomic E-state index is 0.334. The van der Waals surface area contributed by atoms with Gasteiger partial charge in [0.05, 0.1) is 11.3 Å². The van der Waals surface area contributed by atoms with Gasteiger partial charge in [-0.2, -0.15) is 4.31 Å². The summed E-state index contributed by atoms with van der Waals surface area (Å²) in [6.07, 6.45) is 5.26. The molecule has 4 aromatic rings. The van der Waals surface area contributed by atoms with Crippen molar-refractivity contribution in [2.75, 3.05) is 62.6 Å². The molecule has 0 atom stereocenters. The zero-order chi connectivity index (χ0) is 26.7. The molecule has 4 N–H and O–H groups in total. The predicted molar refractivity (Wildman–Crippen MR) is 153 cm³/mol. The highest BCUT2D eigenvalue weighted by atomic mass is 32.2. The van der Waals surface area contributed by atoms with E-state index >= 15 is 0 Å². The van der Waals surface area contributed by atoms with Gasteiger partial charge in [-0.05, 0) is 36.4 Å². The Bertz CT molecular complexity index is 1630. The van der Waals surface area contributed by atoms with Gasteiger partial charge in [0.2, 0.25) is 16.0 Å². The Labute approximate surface area is 227 Å². The van der Waals surface area contributed by atoms with Crippen LogP contribution in [0.15, 0.2) is 66.0 Å². The van der Waals surface area contributed by atoms with Gasteiger partial charge in [0.25, 0.3) is 0 Å². The zero-order valence-electron chi connectivity index (χ0n) is 21.4. The largest absolute Gasteiger partial charge is 0.368 e. The SMILES string of the molecule is O=S(=O)(c1ccc(Nc2ncc(C#Cc3cccc4[nH]ccc34)cn2)cc1N1CCNCC1)N1CCNCC1. The molecule has 11 heteroatoms. The lowest BCUT2D eigenvalue weighted by atomic mass is 10.1. The highest BCUT2D eigenvalue weighted by Crippen LogP contribution is 2.32. The Morgan fingerprint density at radius 2 is 1.62 bits per heavy atom. The molecule has 2 saturated heterocycles. The molecule has 2 aromatic carbocycles. The topological polar surface area (TPSA) is 118 Å². The van der Waals surface area contributed by atoms with E-state index in [9.17, 15) is 8.42 Å². The number of aromatic amines is 1. The van der Waals surface area contributed by atoms with E-state index in [1.807, 2.05) is 36.5 Å². The molecule has 2 aliphatic heterocycles. The fraction of sp³-hybridized carbons (Fsp3) is 0.286. The summed E-state index contributed by atoms with van der Waals surface area (Å²) >= 11 is 0. The minimum atomic E-state index is -3.62. The van der Waals surface area contributed by atoms with Gasteiger partial charge in [0, 0.05) is 93.1 Å². The molecule has 0 unspecified atom stereocenters. The molecule has 0 spiro atoms. The molecule has 0 aliphatic carbocycles. The molecule has 4 heterocycles. The van der Waals surface area contributed by atoms with Crippen LogP contribution in [0.4, 0.5) is 17.3 Å². The normalized spacial score (nSPS) is 16.6. The number of fused-ring (bicyclic) bond motifs is 1. The summed E-state index contributed by atoms with van der Waals surface area (Å²) in [5.74, 6) is 6.75. The molecule has 0 bridgehead atoms. The van der Waals surface area contributed by atoms with Crippen LogP contribution in [0.5, 0.6) is 0 Å².